The summed E-state index contributed by atoms with van der Waals surface area (Å²) >= 11 is 1.79. The van der Waals surface area contributed by atoms with E-state index in [-0.39, 0.29) is 23.9 Å². The highest BCUT2D eigenvalue weighted by molar-refractivity contribution is 7.09. The summed E-state index contributed by atoms with van der Waals surface area (Å²) in [6, 6.07) is 10.4. The Morgan fingerprint density at radius 3 is 2.60 bits per heavy atom. The molecule has 1 amide bonds. The molecule has 0 unspecified atom stereocenters. The molecule has 6 heteroatoms. The van der Waals surface area contributed by atoms with Crippen molar-refractivity contribution in [3.8, 4) is 0 Å². The smallest absolute Gasteiger partial charge is 0.253 e. The number of nitrogens with zero attached hydrogens (tertiary/aromatic N) is 2. The van der Waals surface area contributed by atoms with Crippen molar-refractivity contribution in [1.82, 2.24) is 4.90 Å². The van der Waals surface area contributed by atoms with Gasteiger partial charge in [0.05, 0.1) is 12.1 Å². The van der Waals surface area contributed by atoms with Gasteiger partial charge in [0.2, 0.25) is 0 Å². The van der Waals surface area contributed by atoms with E-state index in [1.165, 1.54) is 17.0 Å². The van der Waals surface area contributed by atoms with Crippen molar-refractivity contribution in [2.75, 3.05) is 31.1 Å². The lowest BCUT2D eigenvalue weighted by Gasteiger charge is -2.47. The first kappa shape index (κ1) is 16.7. The molecule has 0 N–H and O–H groups in total. The number of carbonyl (C=O) groups excluding carboxylic acids is 1. The molecule has 25 heavy (non-hydrogen) atoms. The van der Waals surface area contributed by atoms with Crippen LogP contribution in [0.4, 0.5) is 10.1 Å². The van der Waals surface area contributed by atoms with E-state index in [0.29, 0.717) is 6.54 Å². The quantitative estimate of drug-likeness (QED) is 0.842. The number of anilines is 1. The summed E-state index contributed by atoms with van der Waals surface area (Å²) < 4.78 is 19.2. The molecular weight excluding hydrogens is 339 g/mol. The molecule has 2 aromatic rings. The Balaban J connectivity index is 1.42. The van der Waals surface area contributed by atoms with E-state index in [2.05, 4.69) is 22.4 Å². The first-order valence-electron chi connectivity index (χ1n) is 8.58. The number of piperidine rings is 1. The normalized spacial score (nSPS) is 21.0. The molecule has 1 spiro atoms. The summed E-state index contributed by atoms with van der Waals surface area (Å²) in [7, 11) is 0. The van der Waals surface area contributed by atoms with E-state index in [9.17, 15) is 9.18 Å². The third kappa shape index (κ3) is 3.61. The van der Waals surface area contributed by atoms with Gasteiger partial charge in [-0.1, -0.05) is 6.07 Å². The van der Waals surface area contributed by atoms with Gasteiger partial charge in [-0.2, -0.15) is 0 Å². The third-order valence-corrected chi connectivity index (χ3v) is 5.98. The molecule has 2 aliphatic rings. The molecular formula is C19H21FN2O2S. The van der Waals surface area contributed by atoms with Crippen molar-refractivity contribution in [3.63, 3.8) is 0 Å². The molecule has 4 nitrogen and oxygen atoms in total. The van der Waals surface area contributed by atoms with Gasteiger partial charge in [0, 0.05) is 30.2 Å². The zero-order valence-electron chi connectivity index (χ0n) is 14.0. The van der Waals surface area contributed by atoms with Crippen LogP contribution in [-0.4, -0.2) is 42.6 Å². The largest absolute Gasteiger partial charge is 0.363 e. The van der Waals surface area contributed by atoms with Crippen LogP contribution < -0.4 is 4.90 Å². The number of benzene rings is 1. The molecule has 3 heterocycles. The highest BCUT2D eigenvalue weighted by Crippen LogP contribution is 2.33. The summed E-state index contributed by atoms with van der Waals surface area (Å²) in [5.74, 6) is -0.348. The maximum atomic E-state index is 13.2. The fourth-order valence-electron chi connectivity index (χ4n) is 3.62. The molecule has 1 aromatic heterocycles. The molecule has 0 saturated carbocycles. The van der Waals surface area contributed by atoms with Crippen LogP contribution in [0, 0.1) is 5.82 Å². The average Bonchev–Trinajstić information content (AvgIpc) is 3.13. The van der Waals surface area contributed by atoms with Crippen molar-refractivity contribution in [1.29, 1.82) is 0 Å². The molecule has 2 saturated heterocycles. The topological polar surface area (TPSA) is 32.8 Å². The fraction of sp³-hybridized carbons (Fsp3) is 0.421. The van der Waals surface area contributed by atoms with Crippen LogP contribution in [0.5, 0.6) is 0 Å². The Morgan fingerprint density at radius 2 is 1.92 bits per heavy atom. The number of rotatable bonds is 3. The van der Waals surface area contributed by atoms with Crippen LogP contribution >= 0.6 is 11.3 Å². The second-order valence-electron chi connectivity index (χ2n) is 6.78. The van der Waals surface area contributed by atoms with E-state index in [0.717, 1.165) is 38.2 Å². The van der Waals surface area contributed by atoms with Crippen LogP contribution in [0.15, 0.2) is 41.8 Å². The number of hydrogen-bond donors (Lipinski definition) is 0. The molecule has 132 valence electrons. The number of halogens is 1. The monoisotopic (exact) mass is 360 g/mol. The predicted molar refractivity (Wildman–Crippen MR) is 96.3 cm³/mol. The third-order valence-electron chi connectivity index (χ3n) is 5.11. The maximum absolute atomic E-state index is 13.2. The molecule has 1 aromatic carbocycles. The van der Waals surface area contributed by atoms with Gasteiger partial charge in [0.15, 0.2) is 0 Å². The second-order valence-corrected chi connectivity index (χ2v) is 7.82. The fourth-order valence-corrected chi connectivity index (χ4v) is 4.36. The Bertz CT molecular complexity index is 724. The van der Waals surface area contributed by atoms with Crippen molar-refractivity contribution in [2.45, 2.75) is 25.0 Å². The SMILES string of the molecule is O=C1COC2(CCN(Cc3cccs3)CC2)CN1c1ccc(F)cc1. The Hall–Kier alpha value is -1.76. The van der Waals surface area contributed by atoms with Crippen LogP contribution in [0.2, 0.25) is 0 Å². The standard InChI is InChI=1S/C19H21FN2O2S/c20-15-3-5-16(6-4-15)22-14-19(24-13-18(22)23)7-9-21(10-8-19)12-17-2-1-11-25-17/h1-6,11H,7-10,12-14H2. The number of amides is 1. The molecule has 0 atom stereocenters. The minimum absolute atomic E-state index is 0.0572. The number of morpholine rings is 1. The highest BCUT2D eigenvalue weighted by atomic mass is 32.1. The van der Waals surface area contributed by atoms with Gasteiger partial charge in [-0.3, -0.25) is 9.69 Å². The van der Waals surface area contributed by atoms with E-state index >= 15 is 0 Å². The van der Waals surface area contributed by atoms with Gasteiger partial charge in [0.1, 0.15) is 12.4 Å². The van der Waals surface area contributed by atoms with E-state index in [1.807, 2.05) is 0 Å². The Morgan fingerprint density at radius 1 is 1.16 bits per heavy atom. The van der Waals surface area contributed by atoms with E-state index in [4.69, 9.17) is 4.74 Å². The summed E-state index contributed by atoms with van der Waals surface area (Å²) in [5, 5.41) is 2.11. The minimum atomic E-state index is -0.291. The molecule has 2 aliphatic heterocycles. The van der Waals surface area contributed by atoms with Gasteiger partial charge >= 0.3 is 0 Å². The number of thiophene rings is 1. The second kappa shape index (κ2) is 6.86. The van der Waals surface area contributed by atoms with Gasteiger partial charge in [-0.15, -0.1) is 11.3 Å². The lowest BCUT2D eigenvalue weighted by atomic mass is 9.89. The van der Waals surface area contributed by atoms with Gasteiger partial charge in [0.25, 0.3) is 5.91 Å². The molecule has 2 fully saturated rings. The number of ether oxygens (including phenoxy) is 1. The number of hydrogen-bond acceptors (Lipinski definition) is 4. The zero-order valence-corrected chi connectivity index (χ0v) is 14.8. The minimum Gasteiger partial charge on any atom is -0.363 e. The van der Waals surface area contributed by atoms with Crippen molar-refractivity contribution >= 4 is 22.9 Å². The Kier molecular flexibility index (Phi) is 4.58. The maximum Gasteiger partial charge on any atom is 0.253 e. The number of carbonyl (C=O) groups is 1. The van der Waals surface area contributed by atoms with Crippen molar-refractivity contribution in [2.24, 2.45) is 0 Å². The summed E-state index contributed by atoms with van der Waals surface area (Å²) in [4.78, 5) is 17.8. The molecule has 0 radical (unpaired) electrons. The zero-order chi connectivity index (χ0) is 17.3. The highest BCUT2D eigenvalue weighted by Gasteiger charge is 2.42. The lowest BCUT2D eigenvalue weighted by molar-refractivity contribution is -0.144. The first-order chi connectivity index (χ1) is 12.1. The van der Waals surface area contributed by atoms with Gasteiger partial charge < -0.3 is 9.64 Å². The summed E-state index contributed by atoms with van der Waals surface area (Å²) in [5.41, 5.74) is 0.462. The van der Waals surface area contributed by atoms with Crippen molar-refractivity contribution < 1.29 is 13.9 Å². The van der Waals surface area contributed by atoms with Gasteiger partial charge in [-0.25, -0.2) is 4.39 Å². The first-order valence-corrected chi connectivity index (χ1v) is 9.46. The van der Waals surface area contributed by atoms with E-state index < -0.39 is 0 Å². The Labute approximate surface area is 150 Å². The van der Waals surface area contributed by atoms with Crippen LogP contribution in [0.25, 0.3) is 0 Å². The summed E-state index contributed by atoms with van der Waals surface area (Å²) in [6.07, 6.45) is 1.81. The number of likely N-dealkylation sites (tertiary alicyclic amines) is 1. The average molecular weight is 360 g/mol. The summed E-state index contributed by atoms with van der Waals surface area (Å²) in [6.45, 7) is 3.55. The molecule has 0 bridgehead atoms. The van der Waals surface area contributed by atoms with Crippen LogP contribution in [-0.2, 0) is 16.1 Å². The predicted octanol–water partition coefficient (Wildman–Crippen LogP) is 3.29. The molecule has 0 aliphatic carbocycles. The van der Waals surface area contributed by atoms with Crippen LogP contribution in [0.1, 0.15) is 17.7 Å². The lowest BCUT2D eigenvalue weighted by Crippen LogP contribution is -2.58. The van der Waals surface area contributed by atoms with E-state index in [1.54, 1.807) is 28.4 Å². The van der Waals surface area contributed by atoms with Gasteiger partial charge in [-0.05, 0) is 48.6 Å². The van der Waals surface area contributed by atoms with Crippen molar-refractivity contribution in [3.05, 3.63) is 52.5 Å². The van der Waals surface area contributed by atoms with Crippen LogP contribution in [0.3, 0.4) is 0 Å². The molecule has 4 rings (SSSR count).